The van der Waals surface area contributed by atoms with Gasteiger partial charge in [0.1, 0.15) is 18.1 Å². The van der Waals surface area contributed by atoms with Crippen molar-refractivity contribution >= 4 is 11.8 Å². The number of benzene rings is 1. The van der Waals surface area contributed by atoms with Crippen LogP contribution >= 0.6 is 0 Å². The van der Waals surface area contributed by atoms with E-state index >= 15 is 0 Å². The summed E-state index contributed by atoms with van der Waals surface area (Å²) in [4.78, 5) is 24.0. The highest BCUT2D eigenvalue weighted by Crippen LogP contribution is 2.34. The Hall–Kier alpha value is -2.34. The summed E-state index contributed by atoms with van der Waals surface area (Å²) in [6.45, 7) is 0. The average molecular weight is 332 g/mol. The first-order chi connectivity index (χ1) is 11.6. The third kappa shape index (κ3) is 3.28. The summed E-state index contributed by atoms with van der Waals surface area (Å²) in [6.07, 6.45) is 3.66. The van der Waals surface area contributed by atoms with Crippen molar-refractivity contribution in [3.05, 3.63) is 41.9 Å². The van der Waals surface area contributed by atoms with Crippen molar-refractivity contribution in [3.8, 4) is 5.75 Å². The van der Waals surface area contributed by atoms with Crippen LogP contribution in [0.4, 0.5) is 0 Å². The van der Waals surface area contributed by atoms with Crippen LogP contribution in [0.15, 0.2) is 36.3 Å². The van der Waals surface area contributed by atoms with Gasteiger partial charge >= 0.3 is 5.97 Å². The second kappa shape index (κ2) is 7.05. The van der Waals surface area contributed by atoms with E-state index in [0.717, 1.165) is 12.8 Å². The van der Waals surface area contributed by atoms with E-state index in [1.807, 2.05) is 0 Å². The average Bonchev–Trinajstić information content (AvgIpc) is 2.63. The monoisotopic (exact) mass is 332 g/mol. The number of carbonyl (C=O) groups excluding carboxylic acids is 2. The predicted octanol–water partition coefficient (Wildman–Crippen LogP) is 2.48. The molecule has 0 bridgehead atoms. The van der Waals surface area contributed by atoms with Gasteiger partial charge in [0, 0.05) is 13.5 Å². The van der Waals surface area contributed by atoms with E-state index in [4.69, 9.17) is 14.2 Å². The van der Waals surface area contributed by atoms with Crippen molar-refractivity contribution in [2.45, 2.75) is 31.5 Å². The Morgan fingerprint density at radius 3 is 2.58 bits per heavy atom. The maximum Gasteiger partial charge on any atom is 0.337 e. The van der Waals surface area contributed by atoms with Crippen molar-refractivity contribution in [2.24, 2.45) is 5.92 Å². The van der Waals surface area contributed by atoms with Gasteiger partial charge in [-0.25, -0.2) is 4.79 Å². The summed E-state index contributed by atoms with van der Waals surface area (Å²) in [5.74, 6) is 0.00647. The summed E-state index contributed by atoms with van der Waals surface area (Å²) in [5, 5.41) is 0. The van der Waals surface area contributed by atoms with Crippen molar-refractivity contribution in [3.63, 3.8) is 0 Å². The molecule has 1 aliphatic carbocycles. The van der Waals surface area contributed by atoms with Crippen LogP contribution in [0.25, 0.3) is 0 Å². The Bertz CT molecular complexity index is 648. The molecule has 6 nitrogen and oxygen atoms in total. The number of methoxy groups -OCH3 is 2. The van der Waals surface area contributed by atoms with Crippen molar-refractivity contribution in [2.75, 3.05) is 14.2 Å². The summed E-state index contributed by atoms with van der Waals surface area (Å²) in [7, 11) is 3.00. The largest absolute Gasteiger partial charge is 0.493 e. The smallest absolute Gasteiger partial charge is 0.337 e. The maximum absolute atomic E-state index is 12.6. The molecular formula is C18H20O6. The van der Waals surface area contributed by atoms with Crippen LogP contribution < -0.4 is 4.74 Å². The summed E-state index contributed by atoms with van der Waals surface area (Å²) < 4.78 is 21.3. The molecule has 0 saturated heterocycles. The first-order valence-corrected chi connectivity index (χ1v) is 7.91. The highest BCUT2D eigenvalue weighted by molar-refractivity contribution is 5.96. The second-order valence-electron chi connectivity index (χ2n) is 5.92. The number of hydrogen-bond acceptors (Lipinski definition) is 6. The molecule has 3 atom stereocenters. The molecule has 1 aromatic rings. The van der Waals surface area contributed by atoms with Gasteiger partial charge in [-0.2, -0.15) is 0 Å². The zero-order valence-electron chi connectivity index (χ0n) is 13.7. The number of ketones is 1. The topological polar surface area (TPSA) is 71.1 Å². The minimum absolute atomic E-state index is 0.0437. The lowest BCUT2D eigenvalue weighted by atomic mass is 9.80. The predicted molar refractivity (Wildman–Crippen MR) is 84.5 cm³/mol. The van der Waals surface area contributed by atoms with Gasteiger partial charge in [0.2, 0.25) is 11.5 Å². The molecule has 0 aromatic heterocycles. The molecule has 128 valence electrons. The number of ether oxygens (including phenoxy) is 4. The number of hydrogen-bond donors (Lipinski definition) is 0. The number of allylic oxidation sites excluding steroid dienone is 1. The molecular weight excluding hydrogens is 312 g/mol. The first-order valence-electron chi connectivity index (χ1n) is 7.91. The number of Topliss-reactive ketones (excluding diaryl/α,β-unsaturated/α-hetero) is 1. The fourth-order valence-electron chi connectivity index (χ4n) is 3.13. The molecule has 0 spiro atoms. The van der Waals surface area contributed by atoms with Gasteiger partial charge in [0.05, 0.1) is 24.7 Å². The molecule has 1 aliphatic heterocycles. The number of esters is 1. The second-order valence-corrected chi connectivity index (χ2v) is 5.92. The van der Waals surface area contributed by atoms with Gasteiger partial charge in [0.25, 0.3) is 0 Å². The van der Waals surface area contributed by atoms with E-state index in [2.05, 4.69) is 4.74 Å². The third-order valence-electron chi connectivity index (χ3n) is 4.51. The molecule has 1 aromatic carbocycles. The molecule has 0 N–H and O–H groups in total. The van der Waals surface area contributed by atoms with Gasteiger partial charge in [0.15, 0.2) is 0 Å². The number of fused-ring (bicyclic) bond motifs is 1. The van der Waals surface area contributed by atoms with Gasteiger partial charge in [-0.15, -0.1) is 0 Å². The van der Waals surface area contributed by atoms with Crippen LogP contribution in [0.3, 0.4) is 0 Å². The van der Waals surface area contributed by atoms with Crippen molar-refractivity contribution in [1.29, 1.82) is 0 Å². The molecule has 1 fully saturated rings. The molecule has 0 radical (unpaired) electrons. The van der Waals surface area contributed by atoms with Crippen LogP contribution in [0.5, 0.6) is 5.75 Å². The summed E-state index contributed by atoms with van der Waals surface area (Å²) in [6, 6.07) is 6.41. The quantitative estimate of drug-likeness (QED) is 0.789. The van der Waals surface area contributed by atoms with E-state index < -0.39 is 5.97 Å². The molecule has 2 aliphatic rings. The van der Waals surface area contributed by atoms with Crippen LogP contribution in [0, 0.1) is 5.92 Å². The minimum atomic E-state index is -0.421. The van der Waals surface area contributed by atoms with Crippen molar-refractivity contribution < 1.29 is 28.5 Å². The summed E-state index contributed by atoms with van der Waals surface area (Å²) >= 11 is 0. The van der Waals surface area contributed by atoms with Crippen LogP contribution in [0.2, 0.25) is 0 Å². The van der Waals surface area contributed by atoms with E-state index in [9.17, 15) is 9.59 Å². The Balaban J connectivity index is 1.68. The van der Waals surface area contributed by atoms with Crippen molar-refractivity contribution in [1.82, 2.24) is 0 Å². The van der Waals surface area contributed by atoms with Gasteiger partial charge in [-0.05, 0) is 37.1 Å². The molecule has 1 saturated carbocycles. The maximum atomic E-state index is 12.6. The lowest BCUT2D eigenvalue weighted by Crippen LogP contribution is -2.42. The Kier molecular flexibility index (Phi) is 4.85. The molecule has 1 heterocycles. The minimum Gasteiger partial charge on any atom is -0.493 e. The normalized spacial score (nSPS) is 26.0. The summed E-state index contributed by atoms with van der Waals surface area (Å²) in [5.41, 5.74) is 0.419. The Labute approximate surface area is 140 Å². The Morgan fingerprint density at radius 1 is 1.17 bits per heavy atom. The van der Waals surface area contributed by atoms with E-state index in [0.29, 0.717) is 17.7 Å². The third-order valence-corrected chi connectivity index (χ3v) is 4.51. The van der Waals surface area contributed by atoms with Crippen LogP contribution in [0.1, 0.15) is 29.6 Å². The van der Waals surface area contributed by atoms with E-state index in [-0.39, 0.29) is 29.7 Å². The molecule has 3 rings (SSSR count). The highest BCUT2D eigenvalue weighted by atomic mass is 16.5. The fraction of sp³-hybridized carbons (Fsp3) is 0.444. The lowest BCUT2D eigenvalue weighted by molar-refractivity contribution is -0.133. The van der Waals surface area contributed by atoms with E-state index in [1.54, 1.807) is 31.4 Å². The first kappa shape index (κ1) is 16.5. The van der Waals surface area contributed by atoms with Crippen LogP contribution in [-0.4, -0.2) is 38.2 Å². The molecule has 24 heavy (non-hydrogen) atoms. The molecule has 6 heteroatoms. The number of rotatable bonds is 4. The molecule has 0 amide bonds. The van der Waals surface area contributed by atoms with Gasteiger partial charge in [-0.3, -0.25) is 4.79 Å². The lowest BCUT2D eigenvalue weighted by Gasteiger charge is -2.36. The zero-order chi connectivity index (χ0) is 17.1. The number of carbonyl (C=O) groups is 2. The van der Waals surface area contributed by atoms with Gasteiger partial charge in [-0.1, -0.05) is 0 Å². The van der Waals surface area contributed by atoms with Crippen LogP contribution in [-0.2, 0) is 19.0 Å². The zero-order valence-corrected chi connectivity index (χ0v) is 13.7. The fourth-order valence-corrected chi connectivity index (χ4v) is 3.13. The van der Waals surface area contributed by atoms with Gasteiger partial charge < -0.3 is 18.9 Å². The molecule has 3 unspecified atom stereocenters. The highest BCUT2D eigenvalue weighted by Gasteiger charge is 2.41. The Morgan fingerprint density at radius 2 is 1.92 bits per heavy atom. The SMILES string of the molecule is COC(=O)c1ccc(OC2=COC3CC(OC)CCC3C2=O)cc1. The van der Waals surface area contributed by atoms with E-state index in [1.165, 1.54) is 13.4 Å². The standard InChI is InChI=1S/C18H20O6/c1-21-13-7-8-14-15(9-13)23-10-16(17(14)19)24-12-5-3-11(4-6-12)18(20)22-2/h3-6,10,13-15H,7-9H2,1-2H3.